The van der Waals surface area contributed by atoms with E-state index in [1.807, 2.05) is 24.3 Å². The van der Waals surface area contributed by atoms with Gasteiger partial charge in [-0.1, -0.05) is 12.1 Å². The van der Waals surface area contributed by atoms with Gasteiger partial charge in [-0.25, -0.2) is 9.78 Å². The Morgan fingerprint density at radius 1 is 0.947 bits per heavy atom. The average molecular weight is 515 g/mol. The third kappa shape index (κ3) is 5.44. The fourth-order valence-corrected chi connectivity index (χ4v) is 4.24. The lowest BCUT2D eigenvalue weighted by Crippen LogP contribution is -2.49. The van der Waals surface area contributed by atoms with Crippen LogP contribution in [0.2, 0.25) is 0 Å². The predicted octanol–water partition coefficient (Wildman–Crippen LogP) is 3.59. The minimum atomic E-state index is -0.446. The summed E-state index contributed by atoms with van der Waals surface area (Å²) >= 11 is 0. The van der Waals surface area contributed by atoms with Crippen molar-refractivity contribution in [1.82, 2.24) is 9.88 Å². The fourth-order valence-electron chi connectivity index (χ4n) is 4.24. The van der Waals surface area contributed by atoms with E-state index in [-0.39, 0.29) is 18.4 Å². The van der Waals surface area contributed by atoms with Gasteiger partial charge in [0.25, 0.3) is 11.8 Å². The van der Waals surface area contributed by atoms with Crippen LogP contribution in [0.25, 0.3) is 10.9 Å². The maximum absolute atomic E-state index is 12.6. The summed E-state index contributed by atoms with van der Waals surface area (Å²) in [4.78, 5) is 45.3. The molecule has 2 amide bonds. The monoisotopic (exact) mass is 514 g/mol. The summed E-state index contributed by atoms with van der Waals surface area (Å²) in [5, 5.41) is 3.63. The number of nitrogens with one attached hydrogen (secondary N) is 1. The molecular weight excluding hydrogens is 488 g/mol. The number of methoxy groups -OCH3 is 1. The van der Waals surface area contributed by atoms with Crippen LogP contribution in [0.4, 0.5) is 11.5 Å². The molecule has 0 aliphatic carbocycles. The molecule has 1 N–H and O–H groups in total. The average Bonchev–Trinajstić information content (AvgIpc) is 3.51. The summed E-state index contributed by atoms with van der Waals surface area (Å²) in [6.07, 6.45) is 1.50. The Balaban J connectivity index is 1.22. The number of furan rings is 1. The van der Waals surface area contributed by atoms with Crippen LogP contribution in [-0.4, -0.2) is 67.6 Å². The number of anilines is 2. The van der Waals surface area contributed by atoms with Gasteiger partial charge in [-0.2, -0.15) is 0 Å². The fraction of sp³-hybridized carbons (Fsp3) is 0.214. The molecule has 194 valence electrons. The number of ether oxygens (including phenoxy) is 2. The van der Waals surface area contributed by atoms with E-state index in [0.717, 1.165) is 11.2 Å². The highest BCUT2D eigenvalue weighted by Gasteiger charge is 2.24. The Morgan fingerprint density at radius 2 is 1.74 bits per heavy atom. The number of carbonyl (C=O) groups is 3. The lowest BCUT2D eigenvalue weighted by molar-refractivity contribution is -0.118. The minimum Gasteiger partial charge on any atom is -0.481 e. The predicted molar refractivity (Wildman–Crippen MR) is 140 cm³/mol. The first-order chi connectivity index (χ1) is 18.5. The van der Waals surface area contributed by atoms with Crippen LogP contribution >= 0.6 is 0 Å². The van der Waals surface area contributed by atoms with Gasteiger partial charge < -0.3 is 29.0 Å². The number of para-hydroxylation sites is 1. The number of esters is 1. The number of hydrogen-bond acceptors (Lipinski definition) is 8. The summed E-state index contributed by atoms with van der Waals surface area (Å²) in [6, 6.07) is 19.2. The van der Waals surface area contributed by atoms with Crippen LogP contribution < -0.4 is 15.0 Å². The third-order valence-corrected chi connectivity index (χ3v) is 6.24. The second-order valence-corrected chi connectivity index (χ2v) is 8.66. The van der Waals surface area contributed by atoms with Crippen molar-refractivity contribution in [3.63, 3.8) is 0 Å². The van der Waals surface area contributed by atoms with Crippen molar-refractivity contribution in [3.8, 4) is 5.75 Å². The van der Waals surface area contributed by atoms with Gasteiger partial charge in [0, 0.05) is 37.3 Å². The summed E-state index contributed by atoms with van der Waals surface area (Å²) < 4.78 is 15.8. The number of fused-ring (bicyclic) bond motifs is 1. The molecule has 0 bridgehead atoms. The van der Waals surface area contributed by atoms with Gasteiger partial charge in [-0.05, 0) is 54.6 Å². The zero-order valence-electron chi connectivity index (χ0n) is 20.8. The lowest BCUT2D eigenvalue weighted by atomic mass is 10.2. The highest BCUT2D eigenvalue weighted by Crippen LogP contribution is 2.27. The molecule has 5 rings (SSSR count). The molecule has 1 aliphatic rings. The topological polar surface area (TPSA) is 114 Å². The highest BCUT2D eigenvalue weighted by molar-refractivity contribution is 5.94. The number of benzene rings is 2. The van der Waals surface area contributed by atoms with E-state index in [0.29, 0.717) is 54.5 Å². The van der Waals surface area contributed by atoms with Crippen molar-refractivity contribution in [1.29, 1.82) is 0 Å². The number of amides is 2. The summed E-state index contributed by atoms with van der Waals surface area (Å²) in [7, 11) is 1.31. The van der Waals surface area contributed by atoms with Crippen LogP contribution in [0.1, 0.15) is 20.9 Å². The second-order valence-electron chi connectivity index (χ2n) is 8.66. The SMILES string of the molecule is COC(=O)c1ccc(NC(=O)COc2cccc3ccc(N4CCN(C(=O)c5ccco5)CC4)nc23)cc1. The second kappa shape index (κ2) is 11.0. The van der Waals surface area contributed by atoms with Crippen molar-refractivity contribution < 1.29 is 28.3 Å². The molecule has 0 atom stereocenters. The number of nitrogens with zero attached hydrogens (tertiary/aromatic N) is 3. The molecule has 2 aromatic carbocycles. The molecule has 0 spiro atoms. The Hall–Kier alpha value is -4.86. The van der Waals surface area contributed by atoms with Crippen molar-refractivity contribution >= 4 is 40.2 Å². The molecule has 0 saturated carbocycles. The maximum atomic E-state index is 12.6. The number of pyridine rings is 1. The molecule has 1 fully saturated rings. The zero-order chi connectivity index (χ0) is 26.5. The van der Waals surface area contributed by atoms with Crippen molar-refractivity contribution in [2.75, 3.05) is 50.1 Å². The Bertz CT molecular complexity index is 1440. The molecule has 38 heavy (non-hydrogen) atoms. The maximum Gasteiger partial charge on any atom is 0.337 e. The first kappa shape index (κ1) is 24.8. The summed E-state index contributed by atoms with van der Waals surface area (Å²) in [6.45, 7) is 2.16. The van der Waals surface area contributed by atoms with Gasteiger partial charge in [0.15, 0.2) is 12.4 Å². The summed E-state index contributed by atoms with van der Waals surface area (Å²) in [5.74, 6) is 0.696. The third-order valence-electron chi connectivity index (χ3n) is 6.24. The molecule has 4 aromatic rings. The van der Waals surface area contributed by atoms with Crippen LogP contribution in [0, 0.1) is 0 Å². The molecule has 2 aromatic heterocycles. The van der Waals surface area contributed by atoms with Gasteiger partial charge in [-0.3, -0.25) is 9.59 Å². The molecule has 10 nitrogen and oxygen atoms in total. The van der Waals surface area contributed by atoms with Crippen molar-refractivity contribution in [2.24, 2.45) is 0 Å². The van der Waals surface area contributed by atoms with Crippen molar-refractivity contribution in [2.45, 2.75) is 0 Å². The number of piperazine rings is 1. The van der Waals surface area contributed by atoms with E-state index in [1.54, 1.807) is 47.4 Å². The van der Waals surface area contributed by atoms with E-state index in [4.69, 9.17) is 14.1 Å². The van der Waals surface area contributed by atoms with Crippen LogP contribution in [0.15, 0.2) is 77.4 Å². The summed E-state index contributed by atoms with van der Waals surface area (Å²) in [5.41, 5.74) is 1.58. The van der Waals surface area contributed by atoms with Gasteiger partial charge in [0.1, 0.15) is 17.1 Å². The van der Waals surface area contributed by atoms with Gasteiger partial charge in [0.05, 0.1) is 18.9 Å². The molecular formula is C28H26N4O6. The lowest BCUT2D eigenvalue weighted by Gasteiger charge is -2.35. The van der Waals surface area contributed by atoms with Gasteiger partial charge in [0.2, 0.25) is 0 Å². The van der Waals surface area contributed by atoms with Gasteiger partial charge >= 0.3 is 5.97 Å². The minimum absolute atomic E-state index is 0.116. The Morgan fingerprint density at radius 3 is 2.45 bits per heavy atom. The first-order valence-electron chi connectivity index (χ1n) is 12.1. The van der Waals surface area contributed by atoms with E-state index in [9.17, 15) is 14.4 Å². The molecule has 10 heteroatoms. The standard InChI is InChI=1S/C28H26N4O6/c1-36-28(35)20-7-10-21(11-8-20)29-25(33)18-38-22-5-2-4-19-9-12-24(30-26(19)22)31-13-15-32(16-14-31)27(34)23-6-3-17-37-23/h2-12,17H,13-16,18H2,1H3,(H,29,33). The quantitative estimate of drug-likeness (QED) is 0.372. The van der Waals surface area contributed by atoms with E-state index in [2.05, 4.69) is 15.0 Å². The Labute approximate surface area is 218 Å². The molecule has 1 saturated heterocycles. The first-order valence-corrected chi connectivity index (χ1v) is 12.1. The van der Waals surface area contributed by atoms with Gasteiger partial charge in [-0.15, -0.1) is 0 Å². The van der Waals surface area contributed by atoms with E-state index in [1.165, 1.54) is 13.4 Å². The van der Waals surface area contributed by atoms with Crippen LogP contribution in [0.3, 0.4) is 0 Å². The van der Waals surface area contributed by atoms with E-state index >= 15 is 0 Å². The van der Waals surface area contributed by atoms with Crippen LogP contribution in [0.5, 0.6) is 5.75 Å². The molecule has 0 radical (unpaired) electrons. The number of carbonyl (C=O) groups excluding carboxylic acids is 3. The van der Waals surface area contributed by atoms with E-state index < -0.39 is 5.97 Å². The number of aromatic nitrogens is 1. The molecule has 3 heterocycles. The van der Waals surface area contributed by atoms with Crippen molar-refractivity contribution in [3.05, 3.63) is 84.3 Å². The Kier molecular flexibility index (Phi) is 7.21. The number of rotatable bonds is 7. The zero-order valence-corrected chi connectivity index (χ0v) is 20.8. The van der Waals surface area contributed by atoms with Crippen LogP contribution in [-0.2, 0) is 9.53 Å². The normalized spacial score (nSPS) is 13.3. The number of hydrogen-bond donors (Lipinski definition) is 1. The largest absolute Gasteiger partial charge is 0.481 e. The smallest absolute Gasteiger partial charge is 0.337 e. The molecule has 1 aliphatic heterocycles. The molecule has 0 unspecified atom stereocenters. The highest BCUT2D eigenvalue weighted by atomic mass is 16.5.